The lowest BCUT2D eigenvalue weighted by Gasteiger charge is -2.11. The number of ether oxygens (including phenoxy) is 2. The van der Waals surface area contributed by atoms with Crippen molar-refractivity contribution in [2.75, 3.05) is 26.1 Å². The molecule has 8 heteroatoms. The second-order valence-electron chi connectivity index (χ2n) is 4.76. The maximum Gasteiger partial charge on any atom is 0.241 e. The van der Waals surface area contributed by atoms with Gasteiger partial charge in [0.15, 0.2) is 11.5 Å². The van der Waals surface area contributed by atoms with Crippen molar-refractivity contribution in [2.45, 2.75) is 4.90 Å². The highest BCUT2D eigenvalue weighted by Gasteiger charge is 2.18. The van der Waals surface area contributed by atoms with Gasteiger partial charge in [-0.2, -0.15) is 0 Å². The number of sulfonamides is 1. The minimum absolute atomic E-state index is 0.0207. The van der Waals surface area contributed by atoms with Crippen LogP contribution in [0.25, 0.3) is 0 Å². The van der Waals surface area contributed by atoms with Crippen LogP contribution in [0.4, 0.5) is 5.69 Å². The number of amides is 1. The Labute approximate surface area is 140 Å². The maximum atomic E-state index is 12.3. The van der Waals surface area contributed by atoms with E-state index in [2.05, 4.69) is 10.0 Å². The Bertz CT molecular complexity index is 806. The molecule has 0 saturated heterocycles. The van der Waals surface area contributed by atoms with E-state index in [-0.39, 0.29) is 17.2 Å². The summed E-state index contributed by atoms with van der Waals surface area (Å²) in [6, 6.07) is 13.0. The van der Waals surface area contributed by atoms with Gasteiger partial charge in [-0.3, -0.25) is 4.79 Å². The van der Waals surface area contributed by atoms with E-state index in [0.29, 0.717) is 11.4 Å². The molecular formula is C16H18N2O5S. The highest BCUT2D eigenvalue weighted by atomic mass is 32.2. The van der Waals surface area contributed by atoms with Crippen molar-refractivity contribution in [1.82, 2.24) is 4.72 Å². The Balaban J connectivity index is 2.04. The lowest BCUT2D eigenvalue weighted by Crippen LogP contribution is -2.32. The first kappa shape index (κ1) is 17.8. The second kappa shape index (κ2) is 7.80. The maximum absolute atomic E-state index is 12.3. The summed E-state index contributed by atoms with van der Waals surface area (Å²) >= 11 is 0. The van der Waals surface area contributed by atoms with Gasteiger partial charge in [0.1, 0.15) is 0 Å². The average Bonchev–Trinajstić information content (AvgIpc) is 2.60. The van der Waals surface area contributed by atoms with Crippen LogP contribution >= 0.6 is 0 Å². The van der Waals surface area contributed by atoms with Crippen LogP contribution in [0, 0.1) is 0 Å². The highest BCUT2D eigenvalue weighted by Crippen LogP contribution is 2.29. The summed E-state index contributed by atoms with van der Waals surface area (Å²) in [7, 11) is -0.983. The molecule has 0 spiro atoms. The predicted molar refractivity (Wildman–Crippen MR) is 89.8 cm³/mol. The fourth-order valence-electron chi connectivity index (χ4n) is 1.95. The number of anilines is 1. The van der Waals surface area contributed by atoms with E-state index < -0.39 is 15.9 Å². The molecule has 0 unspecified atom stereocenters. The zero-order valence-corrected chi connectivity index (χ0v) is 14.1. The van der Waals surface area contributed by atoms with Gasteiger partial charge in [0.05, 0.1) is 25.7 Å². The first-order chi connectivity index (χ1) is 11.5. The molecule has 2 N–H and O–H groups in total. The van der Waals surface area contributed by atoms with Crippen LogP contribution in [0.1, 0.15) is 0 Å². The standard InChI is InChI=1S/C16H18N2O5S/c1-22-14-9-8-13(10-15(14)23-2)24(20,21)17-11-16(19)18-12-6-4-3-5-7-12/h3-10,17H,11H2,1-2H3,(H,18,19). The molecule has 2 aromatic rings. The summed E-state index contributed by atoms with van der Waals surface area (Å²) in [6.07, 6.45) is 0. The first-order valence-electron chi connectivity index (χ1n) is 7.03. The number of hydrogen-bond acceptors (Lipinski definition) is 5. The Kier molecular flexibility index (Phi) is 5.78. The molecule has 0 bridgehead atoms. The lowest BCUT2D eigenvalue weighted by molar-refractivity contribution is -0.115. The summed E-state index contributed by atoms with van der Waals surface area (Å²) < 4.78 is 36.9. The third kappa shape index (κ3) is 4.46. The molecule has 0 aromatic heterocycles. The highest BCUT2D eigenvalue weighted by molar-refractivity contribution is 7.89. The van der Waals surface area contributed by atoms with Crippen molar-refractivity contribution in [2.24, 2.45) is 0 Å². The second-order valence-corrected chi connectivity index (χ2v) is 6.52. The molecule has 0 saturated carbocycles. The van der Waals surface area contributed by atoms with Gasteiger partial charge in [-0.05, 0) is 24.3 Å². The number of carbonyl (C=O) groups excluding carboxylic acids is 1. The Hall–Kier alpha value is -2.58. The van der Waals surface area contributed by atoms with Gasteiger partial charge in [0.2, 0.25) is 15.9 Å². The Morgan fingerprint density at radius 2 is 1.67 bits per heavy atom. The number of carbonyl (C=O) groups is 1. The third-order valence-electron chi connectivity index (χ3n) is 3.15. The van der Waals surface area contributed by atoms with Crippen LogP contribution in [-0.4, -0.2) is 35.1 Å². The molecule has 1 amide bonds. The molecule has 2 aromatic carbocycles. The number of rotatable bonds is 7. The van der Waals surface area contributed by atoms with E-state index in [1.807, 2.05) is 6.07 Å². The van der Waals surface area contributed by atoms with E-state index in [1.54, 1.807) is 24.3 Å². The van der Waals surface area contributed by atoms with E-state index in [9.17, 15) is 13.2 Å². The van der Waals surface area contributed by atoms with Crippen molar-refractivity contribution in [1.29, 1.82) is 0 Å². The molecule has 0 aliphatic rings. The average molecular weight is 350 g/mol. The topological polar surface area (TPSA) is 93.7 Å². The molecule has 0 heterocycles. The normalized spacial score (nSPS) is 10.9. The summed E-state index contributed by atoms with van der Waals surface area (Å²) in [5, 5.41) is 2.60. The zero-order valence-electron chi connectivity index (χ0n) is 13.3. The minimum atomic E-state index is -3.85. The van der Waals surface area contributed by atoms with Crippen LogP contribution in [0.3, 0.4) is 0 Å². The molecule has 0 radical (unpaired) electrons. The van der Waals surface area contributed by atoms with Gasteiger partial charge in [0, 0.05) is 11.8 Å². The van der Waals surface area contributed by atoms with Crippen molar-refractivity contribution in [3.8, 4) is 11.5 Å². The van der Waals surface area contributed by atoms with Crippen LogP contribution in [-0.2, 0) is 14.8 Å². The summed E-state index contributed by atoms with van der Waals surface area (Å²) in [4.78, 5) is 11.8. The molecular weight excluding hydrogens is 332 g/mol. The van der Waals surface area contributed by atoms with Crippen LogP contribution in [0.15, 0.2) is 53.4 Å². The van der Waals surface area contributed by atoms with Crippen molar-refractivity contribution < 1.29 is 22.7 Å². The molecule has 24 heavy (non-hydrogen) atoms. The van der Waals surface area contributed by atoms with Gasteiger partial charge in [-0.25, -0.2) is 13.1 Å². The van der Waals surface area contributed by atoms with Gasteiger partial charge in [-0.15, -0.1) is 0 Å². The monoisotopic (exact) mass is 350 g/mol. The van der Waals surface area contributed by atoms with E-state index in [1.165, 1.54) is 32.4 Å². The molecule has 0 aliphatic heterocycles. The number of nitrogens with one attached hydrogen (secondary N) is 2. The summed E-state index contributed by atoms with van der Waals surface area (Å²) in [5.41, 5.74) is 0.591. The number of methoxy groups -OCH3 is 2. The van der Waals surface area contributed by atoms with Crippen molar-refractivity contribution in [3.63, 3.8) is 0 Å². The fourth-order valence-corrected chi connectivity index (χ4v) is 2.95. The van der Waals surface area contributed by atoms with Crippen molar-refractivity contribution >= 4 is 21.6 Å². The third-order valence-corrected chi connectivity index (χ3v) is 4.54. The SMILES string of the molecule is COc1ccc(S(=O)(=O)NCC(=O)Nc2ccccc2)cc1OC. The summed E-state index contributed by atoms with van der Waals surface area (Å²) in [5.74, 6) is 0.234. The van der Waals surface area contributed by atoms with Gasteiger partial charge < -0.3 is 14.8 Å². The molecule has 128 valence electrons. The zero-order chi connectivity index (χ0) is 17.6. The van der Waals surface area contributed by atoms with E-state index >= 15 is 0 Å². The molecule has 0 aliphatic carbocycles. The van der Waals surface area contributed by atoms with Gasteiger partial charge in [-0.1, -0.05) is 18.2 Å². The smallest absolute Gasteiger partial charge is 0.241 e. The van der Waals surface area contributed by atoms with Gasteiger partial charge >= 0.3 is 0 Å². The van der Waals surface area contributed by atoms with Crippen LogP contribution in [0.2, 0.25) is 0 Å². The number of hydrogen-bond donors (Lipinski definition) is 2. The number of benzene rings is 2. The first-order valence-corrected chi connectivity index (χ1v) is 8.51. The lowest BCUT2D eigenvalue weighted by atomic mass is 10.3. The largest absolute Gasteiger partial charge is 0.493 e. The molecule has 0 fully saturated rings. The number of para-hydroxylation sites is 1. The fraction of sp³-hybridized carbons (Fsp3) is 0.188. The van der Waals surface area contributed by atoms with Crippen molar-refractivity contribution in [3.05, 3.63) is 48.5 Å². The summed E-state index contributed by atoms with van der Waals surface area (Å²) in [6.45, 7) is -0.383. The van der Waals surface area contributed by atoms with E-state index in [4.69, 9.17) is 9.47 Å². The van der Waals surface area contributed by atoms with Crippen LogP contribution in [0.5, 0.6) is 11.5 Å². The molecule has 7 nitrogen and oxygen atoms in total. The Morgan fingerprint density at radius 1 is 1.00 bits per heavy atom. The Morgan fingerprint density at radius 3 is 2.29 bits per heavy atom. The predicted octanol–water partition coefficient (Wildman–Crippen LogP) is 1.62. The van der Waals surface area contributed by atoms with Gasteiger partial charge in [0.25, 0.3) is 0 Å². The minimum Gasteiger partial charge on any atom is -0.493 e. The molecule has 2 rings (SSSR count). The molecule has 0 atom stereocenters. The van der Waals surface area contributed by atoms with E-state index in [0.717, 1.165) is 0 Å². The quantitative estimate of drug-likeness (QED) is 0.791. The van der Waals surface area contributed by atoms with Crippen LogP contribution < -0.4 is 19.5 Å².